The Kier molecular flexibility index (Phi) is 3.85. The first-order valence-corrected chi connectivity index (χ1v) is 7.65. The monoisotopic (exact) mass is 342 g/mol. The molecule has 0 saturated carbocycles. The van der Waals surface area contributed by atoms with Crippen molar-refractivity contribution in [1.82, 2.24) is 0 Å². The zero-order chi connectivity index (χ0) is 14.8. The first kappa shape index (κ1) is 14.0. The van der Waals surface area contributed by atoms with E-state index >= 15 is 0 Å². The van der Waals surface area contributed by atoms with E-state index in [0.29, 0.717) is 12.1 Å². The van der Waals surface area contributed by atoms with Crippen molar-refractivity contribution in [3.63, 3.8) is 0 Å². The van der Waals surface area contributed by atoms with Crippen molar-refractivity contribution in [1.29, 1.82) is 5.26 Å². The quantitative estimate of drug-likeness (QED) is 0.915. The number of halogens is 1. The molecule has 2 aromatic rings. The number of benzene rings is 2. The number of anilines is 1. The van der Waals surface area contributed by atoms with E-state index in [1.807, 2.05) is 24.3 Å². The zero-order valence-electron chi connectivity index (χ0n) is 11.7. The number of hydrogen-bond donors (Lipinski definition) is 1. The van der Waals surface area contributed by atoms with E-state index < -0.39 is 0 Å². The van der Waals surface area contributed by atoms with Gasteiger partial charge in [0, 0.05) is 10.9 Å². The number of rotatable bonds is 3. The summed E-state index contributed by atoms with van der Waals surface area (Å²) in [7, 11) is 0. The molecule has 0 aromatic heterocycles. The Morgan fingerprint density at radius 2 is 2.19 bits per heavy atom. The van der Waals surface area contributed by atoms with Crippen LogP contribution < -0.4 is 10.1 Å². The van der Waals surface area contributed by atoms with Gasteiger partial charge in [-0.25, -0.2) is 0 Å². The Labute approximate surface area is 132 Å². The molecule has 0 bridgehead atoms. The molecule has 1 aliphatic rings. The van der Waals surface area contributed by atoms with Gasteiger partial charge in [0.25, 0.3) is 0 Å². The molecule has 4 heteroatoms. The molecule has 106 valence electrons. The SMILES string of the molecule is Cc1ccc2c(c1)CC(CNc1ccc(Br)cc1C#N)O2. The lowest BCUT2D eigenvalue weighted by atomic mass is 10.1. The molecule has 3 rings (SSSR count). The third-order valence-corrected chi connectivity index (χ3v) is 4.07. The highest BCUT2D eigenvalue weighted by Gasteiger charge is 2.22. The van der Waals surface area contributed by atoms with E-state index in [-0.39, 0.29) is 6.10 Å². The van der Waals surface area contributed by atoms with Crippen molar-refractivity contribution in [2.45, 2.75) is 19.4 Å². The molecule has 1 unspecified atom stereocenters. The van der Waals surface area contributed by atoms with Crippen LogP contribution in [-0.4, -0.2) is 12.6 Å². The molecular weight excluding hydrogens is 328 g/mol. The highest BCUT2D eigenvalue weighted by Crippen LogP contribution is 2.30. The van der Waals surface area contributed by atoms with E-state index in [4.69, 9.17) is 10.00 Å². The van der Waals surface area contributed by atoms with Crippen LogP contribution in [0.3, 0.4) is 0 Å². The Morgan fingerprint density at radius 3 is 3.00 bits per heavy atom. The number of nitrogens with one attached hydrogen (secondary N) is 1. The summed E-state index contributed by atoms with van der Waals surface area (Å²) >= 11 is 3.38. The minimum Gasteiger partial charge on any atom is -0.488 e. The lowest BCUT2D eigenvalue weighted by Gasteiger charge is -2.14. The van der Waals surface area contributed by atoms with Crippen LogP contribution in [0.4, 0.5) is 5.69 Å². The maximum absolute atomic E-state index is 9.17. The van der Waals surface area contributed by atoms with Gasteiger partial charge in [-0.2, -0.15) is 5.26 Å². The van der Waals surface area contributed by atoms with Gasteiger partial charge >= 0.3 is 0 Å². The number of aryl methyl sites for hydroxylation is 1. The van der Waals surface area contributed by atoms with Crippen LogP contribution in [0, 0.1) is 18.3 Å². The fourth-order valence-corrected chi connectivity index (χ4v) is 2.91. The standard InChI is InChI=1S/C17H15BrN2O/c1-11-2-5-17-12(6-11)8-15(21-17)10-20-16-4-3-14(18)7-13(16)9-19/h2-7,15,20H,8,10H2,1H3. The first-order valence-electron chi connectivity index (χ1n) is 6.85. The third-order valence-electron chi connectivity index (χ3n) is 3.58. The van der Waals surface area contributed by atoms with Crippen molar-refractivity contribution in [2.24, 2.45) is 0 Å². The van der Waals surface area contributed by atoms with E-state index in [0.717, 1.165) is 22.3 Å². The average Bonchev–Trinajstić information content (AvgIpc) is 2.87. The second-order valence-electron chi connectivity index (χ2n) is 5.24. The second kappa shape index (κ2) is 5.79. The maximum atomic E-state index is 9.17. The molecule has 1 aliphatic heterocycles. The number of hydrogen-bond acceptors (Lipinski definition) is 3. The highest BCUT2D eigenvalue weighted by atomic mass is 79.9. The number of fused-ring (bicyclic) bond motifs is 1. The summed E-state index contributed by atoms with van der Waals surface area (Å²) in [6, 6.07) is 14.1. The van der Waals surface area contributed by atoms with Gasteiger partial charge in [-0.3, -0.25) is 0 Å². The summed E-state index contributed by atoms with van der Waals surface area (Å²) in [5, 5.41) is 12.5. The van der Waals surface area contributed by atoms with Crippen LogP contribution >= 0.6 is 15.9 Å². The lowest BCUT2D eigenvalue weighted by molar-refractivity contribution is 0.246. The first-order chi connectivity index (χ1) is 10.2. The zero-order valence-corrected chi connectivity index (χ0v) is 13.3. The van der Waals surface area contributed by atoms with E-state index in [1.54, 1.807) is 0 Å². The number of ether oxygens (including phenoxy) is 1. The molecule has 2 aromatic carbocycles. The molecule has 3 nitrogen and oxygen atoms in total. The molecule has 0 amide bonds. The summed E-state index contributed by atoms with van der Waals surface area (Å²) in [6.45, 7) is 2.77. The van der Waals surface area contributed by atoms with Gasteiger partial charge in [0.2, 0.25) is 0 Å². The van der Waals surface area contributed by atoms with Crippen LogP contribution in [0.15, 0.2) is 40.9 Å². The fourth-order valence-electron chi connectivity index (χ4n) is 2.55. The Bertz CT molecular complexity index is 721. The predicted octanol–water partition coefficient (Wildman–Crippen LogP) is 4.04. The molecule has 0 fully saturated rings. The molecule has 0 radical (unpaired) electrons. The van der Waals surface area contributed by atoms with Gasteiger partial charge < -0.3 is 10.1 Å². The Morgan fingerprint density at radius 1 is 1.33 bits per heavy atom. The van der Waals surface area contributed by atoms with Crippen molar-refractivity contribution >= 4 is 21.6 Å². The number of nitrogens with zero attached hydrogens (tertiary/aromatic N) is 1. The largest absolute Gasteiger partial charge is 0.488 e. The van der Waals surface area contributed by atoms with Gasteiger partial charge in [-0.05, 0) is 36.8 Å². The van der Waals surface area contributed by atoms with Crippen LogP contribution in [0.5, 0.6) is 5.75 Å². The molecule has 1 N–H and O–H groups in total. The van der Waals surface area contributed by atoms with Crippen molar-refractivity contribution in [2.75, 3.05) is 11.9 Å². The molecular formula is C17H15BrN2O. The predicted molar refractivity (Wildman–Crippen MR) is 86.6 cm³/mol. The summed E-state index contributed by atoms with van der Waals surface area (Å²) in [4.78, 5) is 0. The topological polar surface area (TPSA) is 45.0 Å². The van der Waals surface area contributed by atoms with E-state index in [2.05, 4.69) is 46.4 Å². The van der Waals surface area contributed by atoms with Crippen molar-refractivity contribution in [3.8, 4) is 11.8 Å². The van der Waals surface area contributed by atoms with Crippen LogP contribution in [0.2, 0.25) is 0 Å². The van der Waals surface area contributed by atoms with Gasteiger partial charge in [0.1, 0.15) is 17.9 Å². The van der Waals surface area contributed by atoms with Gasteiger partial charge in [0.05, 0.1) is 17.8 Å². The Hall–Kier alpha value is -1.99. The summed E-state index contributed by atoms with van der Waals surface area (Å²) in [5.74, 6) is 0.976. The minimum atomic E-state index is 0.108. The van der Waals surface area contributed by atoms with Crippen LogP contribution in [0.1, 0.15) is 16.7 Å². The van der Waals surface area contributed by atoms with Crippen molar-refractivity contribution in [3.05, 3.63) is 57.6 Å². The van der Waals surface area contributed by atoms with Gasteiger partial charge in [-0.15, -0.1) is 0 Å². The van der Waals surface area contributed by atoms with E-state index in [1.165, 1.54) is 11.1 Å². The summed E-state index contributed by atoms with van der Waals surface area (Å²) in [6.07, 6.45) is 1.01. The molecule has 0 saturated heterocycles. The highest BCUT2D eigenvalue weighted by molar-refractivity contribution is 9.10. The number of nitriles is 1. The minimum absolute atomic E-state index is 0.108. The Balaban J connectivity index is 1.67. The smallest absolute Gasteiger partial charge is 0.123 e. The summed E-state index contributed by atoms with van der Waals surface area (Å²) in [5.41, 5.74) is 4.00. The fraction of sp³-hybridized carbons (Fsp3) is 0.235. The molecule has 0 spiro atoms. The average molecular weight is 343 g/mol. The molecule has 21 heavy (non-hydrogen) atoms. The summed E-state index contributed by atoms with van der Waals surface area (Å²) < 4.78 is 6.83. The molecule has 0 aliphatic carbocycles. The van der Waals surface area contributed by atoms with Gasteiger partial charge in [0.15, 0.2) is 0 Å². The lowest BCUT2D eigenvalue weighted by Crippen LogP contribution is -2.24. The van der Waals surface area contributed by atoms with E-state index in [9.17, 15) is 0 Å². The molecule has 1 heterocycles. The van der Waals surface area contributed by atoms with Crippen LogP contribution in [-0.2, 0) is 6.42 Å². The third kappa shape index (κ3) is 3.03. The molecule has 1 atom stereocenters. The van der Waals surface area contributed by atoms with Gasteiger partial charge in [-0.1, -0.05) is 33.6 Å². The van der Waals surface area contributed by atoms with Crippen LogP contribution in [0.25, 0.3) is 0 Å². The normalized spacial score (nSPS) is 16.0. The second-order valence-corrected chi connectivity index (χ2v) is 6.15. The van der Waals surface area contributed by atoms with Crippen molar-refractivity contribution < 1.29 is 4.74 Å². The maximum Gasteiger partial charge on any atom is 0.123 e.